The zero-order valence-electron chi connectivity index (χ0n) is 13.5. The summed E-state index contributed by atoms with van der Waals surface area (Å²) in [5, 5.41) is 3.76. The molecule has 124 valence electrons. The number of rotatable bonds is 5. The maximum absolute atomic E-state index is 12.0. The third kappa shape index (κ3) is 5.94. The van der Waals surface area contributed by atoms with E-state index < -0.39 is 17.3 Å². The number of amides is 1. The number of hydrogen-bond donors (Lipinski definition) is 1. The van der Waals surface area contributed by atoms with Crippen molar-refractivity contribution in [2.24, 2.45) is 10.5 Å². The number of esters is 1. The van der Waals surface area contributed by atoms with Crippen LogP contribution >= 0.6 is 15.9 Å². The van der Waals surface area contributed by atoms with Crippen LogP contribution in [0.3, 0.4) is 0 Å². The van der Waals surface area contributed by atoms with E-state index in [4.69, 9.17) is 0 Å². The molecule has 1 aromatic carbocycles. The number of hydrazone groups is 1. The van der Waals surface area contributed by atoms with Crippen molar-refractivity contribution >= 4 is 39.3 Å². The molecule has 0 heterocycles. The quantitative estimate of drug-likeness (QED) is 0.481. The molecule has 0 bridgehead atoms. The fourth-order valence-corrected chi connectivity index (χ4v) is 1.90. The Morgan fingerprint density at radius 1 is 1.26 bits per heavy atom. The van der Waals surface area contributed by atoms with Gasteiger partial charge in [-0.25, -0.2) is 10.2 Å². The summed E-state index contributed by atoms with van der Waals surface area (Å²) in [6.07, 6.45) is -0.213. The van der Waals surface area contributed by atoms with Crippen molar-refractivity contribution in [2.45, 2.75) is 27.2 Å². The highest BCUT2D eigenvalue weighted by Crippen LogP contribution is 2.17. The Kier molecular flexibility index (Phi) is 6.62. The number of hydrogen-bond acceptors (Lipinski definition) is 5. The van der Waals surface area contributed by atoms with Gasteiger partial charge >= 0.3 is 5.97 Å². The number of ether oxygens (including phenoxy) is 1. The number of nitrogens with zero attached hydrogens (tertiary/aromatic N) is 1. The predicted octanol–water partition coefficient (Wildman–Crippen LogP) is 2.71. The summed E-state index contributed by atoms with van der Waals surface area (Å²) >= 11 is 3.26. The Balaban J connectivity index is 2.91. The van der Waals surface area contributed by atoms with Crippen molar-refractivity contribution in [1.29, 1.82) is 0 Å². The first-order valence-corrected chi connectivity index (χ1v) is 7.68. The van der Waals surface area contributed by atoms with Crippen LogP contribution in [0.15, 0.2) is 33.8 Å². The summed E-state index contributed by atoms with van der Waals surface area (Å²) in [5.41, 5.74) is 1.88. The van der Waals surface area contributed by atoms with Crippen LogP contribution in [0.1, 0.15) is 37.6 Å². The summed E-state index contributed by atoms with van der Waals surface area (Å²) in [4.78, 5) is 35.8. The molecule has 6 nitrogen and oxygen atoms in total. The van der Waals surface area contributed by atoms with Crippen LogP contribution in [-0.2, 0) is 14.3 Å². The first-order chi connectivity index (χ1) is 10.6. The molecule has 7 heteroatoms. The third-order valence-corrected chi connectivity index (χ3v) is 3.46. The molecule has 1 aromatic rings. The van der Waals surface area contributed by atoms with Crippen LogP contribution in [0, 0.1) is 5.41 Å². The number of methoxy groups -OCH3 is 1. The van der Waals surface area contributed by atoms with Crippen molar-refractivity contribution in [1.82, 2.24) is 5.43 Å². The lowest BCUT2D eigenvalue weighted by Crippen LogP contribution is -2.30. The molecule has 0 radical (unpaired) electrons. The number of benzene rings is 1. The van der Waals surface area contributed by atoms with Crippen molar-refractivity contribution < 1.29 is 19.1 Å². The van der Waals surface area contributed by atoms with Gasteiger partial charge in [0.15, 0.2) is 5.71 Å². The minimum absolute atomic E-state index is 0.143. The molecule has 0 saturated carbocycles. The molecule has 0 aromatic heterocycles. The lowest BCUT2D eigenvalue weighted by atomic mass is 9.88. The van der Waals surface area contributed by atoms with Crippen molar-refractivity contribution in [2.75, 3.05) is 7.11 Å². The summed E-state index contributed by atoms with van der Waals surface area (Å²) in [6.45, 7) is 5.22. The average Bonchev–Trinajstić information content (AvgIpc) is 2.49. The molecule has 1 rings (SSSR count). The van der Waals surface area contributed by atoms with E-state index in [0.29, 0.717) is 5.56 Å². The van der Waals surface area contributed by atoms with Crippen LogP contribution in [0.5, 0.6) is 0 Å². The van der Waals surface area contributed by atoms with Crippen LogP contribution in [-0.4, -0.2) is 30.5 Å². The van der Waals surface area contributed by atoms with E-state index in [-0.39, 0.29) is 17.9 Å². The van der Waals surface area contributed by atoms with Crippen LogP contribution in [0.4, 0.5) is 0 Å². The lowest BCUT2D eigenvalue weighted by Gasteiger charge is -2.16. The highest BCUT2D eigenvalue weighted by Gasteiger charge is 2.26. The molecule has 0 spiro atoms. The standard InChI is InChI=1S/C16H19BrN2O4/c1-16(2,3)13(20)9-12(15(22)23-4)18-19-14(21)10-6-5-7-11(17)8-10/h5-8H,9H2,1-4H3,(H,19,21). The first kappa shape index (κ1) is 19.0. The Hall–Kier alpha value is -2.02. The fourth-order valence-electron chi connectivity index (χ4n) is 1.50. The smallest absolute Gasteiger partial charge is 0.354 e. The number of carbonyl (C=O) groups is 3. The Labute approximate surface area is 143 Å². The number of halogens is 1. The van der Waals surface area contributed by atoms with E-state index in [1.807, 2.05) is 0 Å². The topological polar surface area (TPSA) is 84.8 Å². The van der Waals surface area contributed by atoms with E-state index in [0.717, 1.165) is 4.47 Å². The van der Waals surface area contributed by atoms with Gasteiger partial charge < -0.3 is 4.74 Å². The van der Waals surface area contributed by atoms with Gasteiger partial charge in [0.2, 0.25) is 0 Å². The van der Waals surface area contributed by atoms with Crippen LogP contribution < -0.4 is 5.43 Å². The molecule has 0 fully saturated rings. The van der Waals surface area contributed by atoms with Gasteiger partial charge in [0, 0.05) is 15.5 Å². The predicted molar refractivity (Wildman–Crippen MR) is 90.1 cm³/mol. The first-order valence-electron chi connectivity index (χ1n) is 6.89. The zero-order chi connectivity index (χ0) is 17.6. The van der Waals surface area contributed by atoms with E-state index in [9.17, 15) is 14.4 Å². The molecule has 1 amide bonds. The van der Waals surface area contributed by atoms with Crippen molar-refractivity contribution in [3.63, 3.8) is 0 Å². The molecule has 0 unspecified atom stereocenters. The Bertz CT molecular complexity index is 648. The van der Waals surface area contributed by atoms with Gasteiger partial charge in [0.1, 0.15) is 5.78 Å². The average molecular weight is 383 g/mol. The molecule has 0 atom stereocenters. The normalized spacial score (nSPS) is 11.8. The Morgan fingerprint density at radius 2 is 1.91 bits per heavy atom. The minimum Gasteiger partial charge on any atom is -0.464 e. The van der Waals surface area contributed by atoms with E-state index in [1.54, 1.807) is 45.0 Å². The largest absolute Gasteiger partial charge is 0.464 e. The minimum atomic E-state index is -0.753. The second-order valence-corrected chi connectivity index (χ2v) is 6.77. The summed E-state index contributed by atoms with van der Waals surface area (Å²) in [7, 11) is 1.19. The van der Waals surface area contributed by atoms with Crippen LogP contribution in [0.2, 0.25) is 0 Å². The SMILES string of the molecule is COC(=O)C(CC(=O)C(C)(C)C)=NNC(=O)c1cccc(Br)c1. The third-order valence-electron chi connectivity index (χ3n) is 2.96. The second-order valence-electron chi connectivity index (χ2n) is 5.85. The Morgan fingerprint density at radius 3 is 2.43 bits per heavy atom. The maximum Gasteiger partial charge on any atom is 0.354 e. The van der Waals surface area contributed by atoms with Gasteiger partial charge in [0.05, 0.1) is 13.5 Å². The zero-order valence-corrected chi connectivity index (χ0v) is 15.1. The molecule has 23 heavy (non-hydrogen) atoms. The van der Waals surface area contributed by atoms with Gasteiger partial charge in [-0.05, 0) is 18.2 Å². The summed E-state index contributed by atoms with van der Waals surface area (Å²) in [5.74, 6) is -1.42. The van der Waals surface area contributed by atoms with Gasteiger partial charge in [-0.2, -0.15) is 5.10 Å². The lowest BCUT2D eigenvalue weighted by molar-refractivity contribution is -0.134. The van der Waals surface area contributed by atoms with Gasteiger partial charge in [-0.3, -0.25) is 9.59 Å². The van der Waals surface area contributed by atoms with E-state index in [2.05, 4.69) is 31.2 Å². The van der Waals surface area contributed by atoms with Gasteiger partial charge in [-0.1, -0.05) is 42.8 Å². The molecule has 0 aliphatic carbocycles. The molecule has 0 aliphatic heterocycles. The number of Topliss-reactive ketones (excluding diaryl/α,β-unsaturated/α-hetero) is 1. The van der Waals surface area contributed by atoms with Gasteiger partial charge in [-0.15, -0.1) is 0 Å². The fraction of sp³-hybridized carbons (Fsp3) is 0.375. The van der Waals surface area contributed by atoms with Crippen LogP contribution in [0.25, 0.3) is 0 Å². The second kappa shape index (κ2) is 8.01. The number of nitrogens with one attached hydrogen (secondary N) is 1. The van der Waals surface area contributed by atoms with E-state index >= 15 is 0 Å². The monoisotopic (exact) mass is 382 g/mol. The summed E-state index contributed by atoms with van der Waals surface area (Å²) in [6, 6.07) is 6.70. The molecular weight excluding hydrogens is 364 g/mol. The number of carbonyl (C=O) groups excluding carboxylic acids is 3. The summed E-state index contributed by atoms with van der Waals surface area (Å²) < 4.78 is 5.34. The maximum atomic E-state index is 12.0. The molecular formula is C16H19BrN2O4. The highest BCUT2D eigenvalue weighted by atomic mass is 79.9. The molecule has 0 aliphatic rings. The van der Waals surface area contributed by atoms with Crippen molar-refractivity contribution in [3.8, 4) is 0 Å². The number of ketones is 1. The highest BCUT2D eigenvalue weighted by molar-refractivity contribution is 9.10. The van der Waals surface area contributed by atoms with Gasteiger partial charge in [0.25, 0.3) is 5.91 Å². The van der Waals surface area contributed by atoms with E-state index in [1.165, 1.54) is 7.11 Å². The molecule has 0 saturated heterocycles. The molecule has 1 N–H and O–H groups in total. The van der Waals surface area contributed by atoms with Crippen molar-refractivity contribution in [3.05, 3.63) is 34.3 Å².